The predicted molar refractivity (Wildman–Crippen MR) is 99.1 cm³/mol. The van der Waals surface area contributed by atoms with Gasteiger partial charge in [0.2, 0.25) is 0 Å². The minimum atomic E-state index is -0.248. The van der Waals surface area contributed by atoms with Gasteiger partial charge in [-0.05, 0) is 49.2 Å². The highest BCUT2D eigenvalue weighted by atomic mass is 16.2. The van der Waals surface area contributed by atoms with Crippen LogP contribution in [0.5, 0.6) is 0 Å². The highest BCUT2D eigenvalue weighted by Crippen LogP contribution is 2.28. The van der Waals surface area contributed by atoms with Gasteiger partial charge < -0.3 is 9.47 Å². The van der Waals surface area contributed by atoms with Crippen molar-refractivity contribution >= 4 is 16.9 Å². The summed E-state index contributed by atoms with van der Waals surface area (Å²) in [5, 5.41) is 1.03. The summed E-state index contributed by atoms with van der Waals surface area (Å²) in [5.74, 6) is 0.127. The minimum Gasteiger partial charge on any atom is -0.338 e. The predicted octanol–water partition coefficient (Wildman–Crippen LogP) is 2.35. The van der Waals surface area contributed by atoms with Crippen LogP contribution in [-0.2, 0) is 7.05 Å². The van der Waals surface area contributed by atoms with E-state index >= 15 is 0 Å². The van der Waals surface area contributed by atoms with Gasteiger partial charge in [-0.1, -0.05) is 0 Å². The number of piperidine rings is 1. The van der Waals surface area contributed by atoms with Gasteiger partial charge in [0.1, 0.15) is 5.56 Å². The second-order valence-corrected chi connectivity index (χ2v) is 6.69. The van der Waals surface area contributed by atoms with Gasteiger partial charge >= 0.3 is 0 Å². The molecule has 0 aliphatic carbocycles. The third-order valence-electron chi connectivity index (χ3n) is 5.04. The lowest BCUT2D eigenvalue weighted by Crippen LogP contribution is -2.40. The van der Waals surface area contributed by atoms with Crippen LogP contribution in [0.15, 0.2) is 53.6 Å². The molecule has 0 aromatic carbocycles. The molecule has 26 heavy (non-hydrogen) atoms. The molecule has 1 aliphatic rings. The zero-order chi connectivity index (χ0) is 18.1. The minimum absolute atomic E-state index is 0.183. The number of hydrogen-bond donors (Lipinski definition) is 0. The molecule has 0 spiro atoms. The number of rotatable bonds is 2. The molecular weight excluding hydrogens is 328 g/mol. The number of fused-ring (bicyclic) bond motifs is 1. The molecule has 0 bridgehead atoms. The van der Waals surface area contributed by atoms with Crippen molar-refractivity contribution in [2.75, 3.05) is 13.1 Å². The molecule has 0 radical (unpaired) electrons. The van der Waals surface area contributed by atoms with Crippen LogP contribution in [-0.4, -0.2) is 38.4 Å². The van der Waals surface area contributed by atoms with Crippen molar-refractivity contribution < 1.29 is 4.79 Å². The van der Waals surface area contributed by atoms with Crippen molar-refractivity contribution in [2.24, 2.45) is 7.05 Å². The van der Waals surface area contributed by atoms with E-state index in [1.165, 1.54) is 4.57 Å². The number of nitrogens with zero attached hydrogens (tertiary/aromatic N) is 4. The van der Waals surface area contributed by atoms with Crippen molar-refractivity contribution in [2.45, 2.75) is 18.8 Å². The van der Waals surface area contributed by atoms with E-state index in [9.17, 15) is 9.59 Å². The quantitative estimate of drug-likeness (QED) is 0.713. The summed E-state index contributed by atoms with van der Waals surface area (Å²) in [6.45, 7) is 1.26. The van der Waals surface area contributed by atoms with Gasteiger partial charge in [-0.3, -0.25) is 9.59 Å². The maximum atomic E-state index is 12.7. The van der Waals surface area contributed by atoms with Crippen LogP contribution < -0.4 is 5.56 Å². The lowest BCUT2D eigenvalue weighted by molar-refractivity contribution is 0.0709. The number of aromatic nitrogens is 3. The highest BCUT2D eigenvalue weighted by Gasteiger charge is 2.26. The van der Waals surface area contributed by atoms with E-state index in [0.717, 1.165) is 29.6 Å². The van der Waals surface area contributed by atoms with E-state index in [4.69, 9.17) is 0 Å². The van der Waals surface area contributed by atoms with Crippen LogP contribution in [0.25, 0.3) is 11.0 Å². The number of aryl methyl sites for hydroxylation is 1. The van der Waals surface area contributed by atoms with Gasteiger partial charge in [-0.25, -0.2) is 9.97 Å². The van der Waals surface area contributed by atoms with Gasteiger partial charge in [0, 0.05) is 49.5 Å². The van der Waals surface area contributed by atoms with Gasteiger partial charge in [-0.15, -0.1) is 0 Å². The molecule has 1 aliphatic heterocycles. The smallest absolute Gasteiger partial charge is 0.263 e. The molecule has 4 heterocycles. The standard InChI is InChI=1S/C20H20N4O2/c1-23-11-3-5-16(19(23)25)20(26)24-12-8-14(9-13-24)17-7-6-15-4-2-10-21-18(15)22-17/h2-7,10-11,14H,8-9,12-13H2,1H3. The van der Waals surface area contributed by atoms with Crippen LogP contribution in [0.2, 0.25) is 0 Å². The van der Waals surface area contributed by atoms with Gasteiger partial charge in [0.25, 0.3) is 11.5 Å². The maximum absolute atomic E-state index is 12.7. The van der Waals surface area contributed by atoms with Crippen molar-refractivity contribution in [1.82, 2.24) is 19.4 Å². The summed E-state index contributed by atoms with van der Waals surface area (Å²) in [4.78, 5) is 35.6. The van der Waals surface area contributed by atoms with E-state index in [1.54, 1.807) is 36.5 Å². The van der Waals surface area contributed by atoms with Gasteiger partial charge in [-0.2, -0.15) is 0 Å². The summed E-state index contributed by atoms with van der Waals surface area (Å²) >= 11 is 0. The fourth-order valence-corrected chi connectivity index (χ4v) is 3.50. The molecule has 1 saturated heterocycles. The fraction of sp³-hybridized carbons (Fsp3) is 0.300. The van der Waals surface area contributed by atoms with Crippen LogP contribution in [0, 0.1) is 0 Å². The van der Waals surface area contributed by atoms with Crippen molar-refractivity contribution in [3.63, 3.8) is 0 Å². The van der Waals surface area contributed by atoms with Gasteiger partial charge in [0.15, 0.2) is 5.65 Å². The molecule has 4 rings (SSSR count). The Morgan fingerprint density at radius 2 is 1.92 bits per heavy atom. The first kappa shape index (κ1) is 16.4. The highest BCUT2D eigenvalue weighted by molar-refractivity contribution is 5.93. The molecule has 1 amide bonds. The summed E-state index contributed by atoms with van der Waals surface area (Å²) in [6, 6.07) is 11.3. The van der Waals surface area contributed by atoms with E-state index in [1.807, 2.05) is 12.1 Å². The second kappa shape index (κ2) is 6.71. The molecule has 0 N–H and O–H groups in total. The first-order valence-corrected chi connectivity index (χ1v) is 8.80. The number of likely N-dealkylation sites (tertiary alicyclic amines) is 1. The number of amides is 1. The summed E-state index contributed by atoms with van der Waals surface area (Å²) in [7, 11) is 1.66. The van der Waals surface area contributed by atoms with E-state index in [2.05, 4.69) is 22.1 Å². The van der Waals surface area contributed by atoms with Crippen molar-refractivity contribution in [3.8, 4) is 0 Å². The van der Waals surface area contributed by atoms with Crippen molar-refractivity contribution in [1.29, 1.82) is 0 Å². The number of pyridine rings is 3. The average Bonchev–Trinajstić information content (AvgIpc) is 2.69. The molecule has 3 aromatic heterocycles. The molecule has 6 heteroatoms. The summed E-state index contributed by atoms with van der Waals surface area (Å²) in [5.41, 5.74) is 1.78. The molecule has 0 atom stereocenters. The van der Waals surface area contributed by atoms with Crippen molar-refractivity contribution in [3.05, 3.63) is 70.4 Å². The average molecular weight is 348 g/mol. The first-order chi connectivity index (χ1) is 12.6. The summed E-state index contributed by atoms with van der Waals surface area (Å²) in [6.07, 6.45) is 5.08. The fourth-order valence-electron chi connectivity index (χ4n) is 3.50. The normalized spacial score (nSPS) is 15.3. The zero-order valence-corrected chi connectivity index (χ0v) is 14.6. The molecule has 1 fully saturated rings. The second-order valence-electron chi connectivity index (χ2n) is 6.69. The maximum Gasteiger partial charge on any atom is 0.263 e. The Morgan fingerprint density at radius 3 is 2.73 bits per heavy atom. The Morgan fingerprint density at radius 1 is 1.12 bits per heavy atom. The van der Waals surface area contributed by atoms with Crippen LogP contribution in [0.4, 0.5) is 0 Å². The molecule has 0 unspecified atom stereocenters. The zero-order valence-electron chi connectivity index (χ0n) is 14.6. The van der Waals surface area contributed by atoms with Crippen LogP contribution in [0.1, 0.15) is 34.8 Å². The SMILES string of the molecule is Cn1cccc(C(=O)N2CCC(c3ccc4cccnc4n3)CC2)c1=O. The van der Waals surface area contributed by atoms with E-state index in [-0.39, 0.29) is 17.0 Å². The lowest BCUT2D eigenvalue weighted by Gasteiger charge is -2.31. The Bertz CT molecular complexity index is 1020. The first-order valence-electron chi connectivity index (χ1n) is 8.80. The van der Waals surface area contributed by atoms with E-state index < -0.39 is 0 Å². The topological polar surface area (TPSA) is 68.1 Å². The Kier molecular flexibility index (Phi) is 4.24. The van der Waals surface area contributed by atoms with Crippen LogP contribution >= 0.6 is 0 Å². The Labute approximate surface area is 151 Å². The molecule has 132 valence electrons. The molecule has 3 aromatic rings. The number of hydrogen-bond acceptors (Lipinski definition) is 4. The Hall–Kier alpha value is -3.02. The third-order valence-corrected chi connectivity index (χ3v) is 5.04. The lowest BCUT2D eigenvalue weighted by atomic mass is 9.92. The molecule has 0 saturated carbocycles. The number of carbonyl (C=O) groups excluding carboxylic acids is 1. The Balaban J connectivity index is 1.49. The van der Waals surface area contributed by atoms with Gasteiger partial charge in [0.05, 0.1) is 0 Å². The van der Waals surface area contributed by atoms with E-state index in [0.29, 0.717) is 19.0 Å². The largest absolute Gasteiger partial charge is 0.338 e. The monoisotopic (exact) mass is 348 g/mol. The number of carbonyl (C=O) groups is 1. The third kappa shape index (κ3) is 2.98. The molecular formula is C20H20N4O2. The van der Waals surface area contributed by atoms with Crippen LogP contribution in [0.3, 0.4) is 0 Å². The molecule has 6 nitrogen and oxygen atoms in total. The summed E-state index contributed by atoms with van der Waals surface area (Å²) < 4.78 is 1.44.